The maximum atomic E-state index is 8.28. The summed E-state index contributed by atoms with van der Waals surface area (Å²) < 4.78 is 4.77. The van der Waals surface area contributed by atoms with Crippen molar-refractivity contribution in [3.63, 3.8) is 0 Å². The number of hydrogen-bond acceptors (Lipinski definition) is 5. The molecule has 1 fully saturated rings. The first kappa shape index (κ1) is 7.90. The normalized spacial score (nSPS) is 40.5. The van der Waals surface area contributed by atoms with Crippen LogP contribution in [0.2, 0.25) is 0 Å². The van der Waals surface area contributed by atoms with Crippen LogP contribution in [0, 0.1) is 0 Å². The van der Waals surface area contributed by atoms with Gasteiger partial charge in [-0.25, -0.2) is 15.0 Å². The average molecular weight is 150 g/mol. The Morgan fingerprint density at radius 3 is 2.70 bits per heavy atom. The summed E-state index contributed by atoms with van der Waals surface area (Å²) in [6.07, 6.45) is -0.114. The molecule has 1 rings (SSSR count). The van der Waals surface area contributed by atoms with Crippen LogP contribution in [-0.2, 0) is 19.4 Å². The maximum Gasteiger partial charge on any atom is 0.236 e. The van der Waals surface area contributed by atoms with Crippen LogP contribution >= 0.6 is 0 Å². The summed E-state index contributed by atoms with van der Waals surface area (Å²) in [5.74, 6) is -1.08. The van der Waals surface area contributed by atoms with Gasteiger partial charge in [0.15, 0.2) is 6.29 Å². The Balaban J connectivity index is 2.41. The van der Waals surface area contributed by atoms with Gasteiger partial charge >= 0.3 is 0 Å². The molecule has 0 aromatic heterocycles. The number of rotatable bonds is 2. The Morgan fingerprint density at radius 1 is 1.70 bits per heavy atom. The highest BCUT2D eigenvalue weighted by Gasteiger charge is 2.40. The summed E-state index contributed by atoms with van der Waals surface area (Å²) in [6, 6.07) is 0. The number of ether oxygens (including phenoxy) is 1. The fourth-order valence-electron chi connectivity index (χ4n) is 0.701. The van der Waals surface area contributed by atoms with Gasteiger partial charge in [0.1, 0.15) is 0 Å². The molecule has 1 saturated heterocycles. The van der Waals surface area contributed by atoms with E-state index >= 15 is 0 Å². The molecule has 1 aliphatic rings. The van der Waals surface area contributed by atoms with Crippen molar-refractivity contribution in [3.8, 4) is 0 Å². The van der Waals surface area contributed by atoms with E-state index in [-0.39, 0.29) is 0 Å². The zero-order valence-corrected chi connectivity index (χ0v) is 5.86. The molecular weight excluding hydrogens is 140 g/mol. The lowest BCUT2D eigenvalue weighted by Crippen LogP contribution is -2.26. The quantitative estimate of drug-likeness (QED) is 0.459. The van der Waals surface area contributed by atoms with Gasteiger partial charge in [-0.15, -0.1) is 0 Å². The molecule has 10 heavy (non-hydrogen) atoms. The molecule has 0 amide bonds. The van der Waals surface area contributed by atoms with Crippen molar-refractivity contribution in [1.29, 1.82) is 0 Å². The minimum absolute atomic E-state index is 0.347. The van der Waals surface area contributed by atoms with Gasteiger partial charge in [0.25, 0.3) is 0 Å². The van der Waals surface area contributed by atoms with Crippen molar-refractivity contribution in [2.45, 2.75) is 25.4 Å². The summed E-state index contributed by atoms with van der Waals surface area (Å²) in [5, 5.41) is 8.28. The Labute approximate surface area is 58.3 Å². The van der Waals surface area contributed by atoms with Gasteiger partial charge in [-0.1, -0.05) is 0 Å². The van der Waals surface area contributed by atoms with Gasteiger partial charge < -0.3 is 4.74 Å². The van der Waals surface area contributed by atoms with E-state index in [0.717, 1.165) is 0 Å². The molecule has 0 aromatic carbocycles. The van der Waals surface area contributed by atoms with Crippen molar-refractivity contribution in [2.75, 3.05) is 7.11 Å². The molecule has 60 valence electrons. The molecule has 5 heteroatoms. The molecule has 0 aliphatic carbocycles. The van der Waals surface area contributed by atoms with Crippen molar-refractivity contribution in [1.82, 2.24) is 0 Å². The molecule has 0 bridgehead atoms. The largest absolute Gasteiger partial charge is 0.353 e. The average Bonchev–Trinajstić information content (AvgIpc) is 2.33. The van der Waals surface area contributed by atoms with Gasteiger partial charge in [0, 0.05) is 7.11 Å². The minimum Gasteiger partial charge on any atom is -0.353 e. The van der Waals surface area contributed by atoms with Crippen LogP contribution in [0.4, 0.5) is 0 Å². The smallest absolute Gasteiger partial charge is 0.236 e. The molecule has 1 aliphatic heterocycles. The maximum absolute atomic E-state index is 8.28. The van der Waals surface area contributed by atoms with Gasteiger partial charge in [-0.2, -0.15) is 4.89 Å². The molecule has 5 nitrogen and oxygen atoms in total. The molecule has 1 heterocycles. The fourth-order valence-corrected chi connectivity index (χ4v) is 0.701. The molecule has 0 unspecified atom stereocenters. The van der Waals surface area contributed by atoms with Crippen molar-refractivity contribution >= 4 is 0 Å². The zero-order valence-electron chi connectivity index (χ0n) is 5.86. The van der Waals surface area contributed by atoms with Crippen LogP contribution in [0.15, 0.2) is 0 Å². The molecule has 0 spiro atoms. The van der Waals surface area contributed by atoms with Gasteiger partial charge in [0.2, 0.25) is 5.79 Å². The molecule has 0 saturated carbocycles. The van der Waals surface area contributed by atoms with E-state index in [1.165, 1.54) is 7.11 Å². The third-order valence-corrected chi connectivity index (χ3v) is 1.33. The van der Waals surface area contributed by atoms with E-state index in [4.69, 9.17) is 9.99 Å². The predicted molar refractivity (Wildman–Crippen MR) is 29.7 cm³/mol. The first-order chi connectivity index (χ1) is 4.70. The third kappa shape index (κ3) is 1.44. The van der Waals surface area contributed by atoms with E-state index in [1.54, 1.807) is 6.92 Å². The van der Waals surface area contributed by atoms with Crippen LogP contribution in [0.1, 0.15) is 13.3 Å². The topological polar surface area (TPSA) is 57.2 Å². The summed E-state index contributed by atoms with van der Waals surface area (Å²) in [6.45, 7) is 1.55. The first-order valence-corrected chi connectivity index (χ1v) is 2.90. The number of hydrogen-bond donors (Lipinski definition) is 1. The van der Waals surface area contributed by atoms with Crippen molar-refractivity contribution in [2.24, 2.45) is 0 Å². The Morgan fingerprint density at radius 2 is 2.40 bits per heavy atom. The second kappa shape index (κ2) is 2.81. The summed E-state index contributed by atoms with van der Waals surface area (Å²) >= 11 is 0. The van der Waals surface area contributed by atoms with E-state index < -0.39 is 12.1 Å². The van der Waals surface area contributed by atoms with Crippen LogP contribution in [0.5, 0.6) is 0 Å². The van der Waals surface area contributed by atoms with Crippen LogP contribution < -0.4 is 0 Å². The molecule has 2 atom stereocenters. The SMILES string of the molecule is CO[C@@H]1C[C@@](C)(OO)OO1. The second-order valence-corrected chi connectivity index (χ2v) is 2.27. The lowest BCUT2D eigenvalue weighted by Gasteiger charge is -2.13. The molecule has 0 radical (unpaired) electrons. The molecule has 1 N–H and O–H groups in total. The second-order valence-electron chi connectivity index (χ2n) is 2.27. The highest BCUT2D eigenvalue weighted by molar-refractivity contribution is 4.65. The van der Waals surface area contributed by atoms with Crippen LogP contribution in [0.25, 0.3) is 0 Å². The lowest BCUT2D eigenvalue weighted by atomic mass is 10.2. The van der Waals surface area contributed by atoms with Crippen LogP contribution in [0.3, 0.4) is 0 Å². The monoisotopic (exact) mass is 150 g/mol. The highest BCUT2D eigenvalue weighted by Crippen LogP contribution is 2.28. The van der Waals surface area contributed by atoms with E-state index in [9.17, 15) is 0 Å². The zero-order chi connectivity index (χ0) is 7.61. The summed E-state index contributed by atoms with van der Waals surface area (Å²) in [7, 11) is 1.48. The molecule has 0 aromatic rings. The fraction of sp³-hybridized carbons (Fsp3) is 1.00. The Kier molecular flexibility index (Phi) is 2.22. The minimum atomic E-state index is -1.08. The predicted octanol–water partition coefficient (Wildman–Crippen LogP) is 0.517. The standard InChI is InChI=1S/C5H10O5/c1-5(9-6)3-4(7-2)8-10-5/h4,6H,3H2,1-2H3/t4-,5-/m0/s1. The third-order valence-electron chi connectivity index (χ3n) is 1.33. The first-order valence-electron chi connectivity index (χ1n) is 2.90. The van der Waals surface area contributed by atoms with Crippen molar-refractivity contribution in [3.05, 3.63) is 0 Å². The van der Waals surface area contributed by atoms with Gasteiger partial charge in [-0.3, -0.25) is 0 Å². The van der Waals surface area contributed by atoms with E-state index in [1.807, 2.05) is 0 Å². The highest BCUT2D eigenvalue weighted by atomic mass is 17.3. The van der Waals surface area contributed by atoms with Crippen molar-refractivity contribution < 1.29 is 24.7 Å². The van der Waals surface area contributed by atoms with E-state index in [2.05, 4.69) is 14.7 Å². The van der Waals surface area contributed by atoms with Gasteiger partial charge in [-0.05, 0) is 6.92 Å². The van der Waals surface area contributed by atoms with Gasteiger partial charge in [0.05, 0.1) is 6.42 Å². The number of methoxy groups -OCH3 is 1. The van der Waals surface area contributed by atoms with E-state index in [0.29, 0.717) is 6.42 Å². The lowest BCUT2D eigenvalue weighted by molar-refractivity contribution is -0.468. The summed E-state index contributed by atoms with van der Waals surface area (Å²) in [5.41, 5.74) is 0. The Bertz CT molecular complexity index is 117. The Hall–Kier alpha value is -0.200. The molecular formula is C5H10O5. The summed E-state index contributed by atoms with van der Waals surface area (Å²) in [4.78, 5) is 13.2. The van der Waals surface area contributed by atoms with Crippen LogP contribution in [-0.4, -0.2) is 24.4 Å².